The number of anilines is 6. The number of nitrogens with one attached hydrogen (secondary N) is 1. The summed E-state index contributed by atoms with van der Waals surface area (Å²) in [7, 11) is 4.18. The van der Waals surface area contributed by atoms with E-state index in [1.165, 1.54) is 34.0 Å². The molecule has 0 spiro atoms. The van der Waals surface area contributed by atoms with E-state index in [0.29, 0.717) is 0 Å². The summed E-state index contributed by atoms with van der Waals surface area (Å²) in [5.41, 5.74) is 8.78. The second kappa shape index (κ2) is 8.93. The van der Waals surface area contributed by atoms with Crippen LogP contribution in [0.4, 0.5) is 34.1 Å². The molecule has 0 aromatic heterocycles. The highest BCUT2D eigenvalue weighted by molar-refractivity contribution is 5.87. The van der Waals surface area contributed by atoms with Crippen LogP contribution in [0.15, 0.2) is 66.7 Å². The van der Waals surface area contributed by atoms with Gasteiger partial charge in [-0.05, 0) is 62.2 Å². The van der Waals surface area contributed by atoms with Crippen LogP contribution in [0.3, 0.4) is 0 Å². The Balaban J connectivity index is 1.82. The third-order valence-electron chi connectivity index (χ3n) is 6.48. The van der Waals surface area contributed by atoms with Gasteiger partial charge in [-0.25, -0.2) is 0 Å². The van der Waals surface area contributed by atoms with Gasteiger partial charge in [0.25, 0.3) is 0 Å². The van der Waals surface area contributed by atoms with Crippen molar-refractivity contribution in [3.63, 3.8) is 0 Å². The molecule has 0 saturated carbocycles. The number of para-hydroxylation sites is 4. The molecule has 0 saturated heterocycles. The van der Waals surface area contributed by atoms with E-state index >= 15 is 0 Å². The van der Waals surface area contributed by atoms with Gasteiger partial charge in [-0.3, -0.25) is 0 Å². The Hall–Kier alpha value is -3.14. The third-order valence-corrected chi connectivity index (χ3v) is 6.48. The first kappa shape index (κ1) is 21.1. The standard InChI is InChI=1S/C27H34N4/c1-6-7-19-30(25-14-9-8-13-22(25)28-4)23-17-12-18-24(20(23)2)31-21(3)29(5)26-15-10-11-16-27(26)31/h8-18,21,28H,6-7,19H2,1-5H3/t21-/m0/s1. The molecule has 0 aliphatic carbocycles. The van der Waals surface area contributed by atoms with Gasteiger partial charge in [-0.15, -0.1) is 0 Å². The molecule has 0 unspecified atom stereocenters. The molecule has 4 nitrogen and oxygen atoms in total. The van der Waals surface area contributed by atoms with Gasteiger partial charge in [0.05, 0.1) is 22.7 Å². The average molecular weight is 415 g/mol. The molecule has 3 aromatic rings. The highest BCUT2D eigenvalue weighted by Gasteiger charge is 2.32. The van der Waals surface area contributed by atoms with Crippen molar-refractivity contribution in [1.29, 1.82) is 0 Å². The smallest absolute Gasteiger partial charge is 0.103 e. The predicted octanol–water partition coefficient (Wildman–Crippen LogP) is 6.91. The quantitative estimate of drug-likeness (QED) is 0.453. The molecule has 1 heterocycles. The molecule has 0 radical (unpaired) electrons. The summed E-state index contributed by atoms with van der Waals surface area (Å²) < 4.78 is 0. The first-order chi connectivity index (χ1) is 15.1. The SMILES string of the molecule is CCCCN(c1ccccc1NC)c1cccc(N2c3ccccc3N(C)[C@@H]2C)c1C. The molecule has 1 atom stereocenters. The van der Waals surface area contributed by atoms with Gasteiger partial charge in [0.2, 0.25) is 0 Å². The van der Waals surface area contributed by atoms with Crippen molar-refractivity contribution < 1.29 is 0 Å². The lowest BCUT2D eigenvalue weighted by Crippen LogP contribution is -2.36. The van der Waals surface area contributed by atoms with E-state index in [0.717, 1.165) is 25.1 Å². The second-order valence-electron chi connectivity index (χ2n) is 8.30. The Bertz CT molecular complexity index is 1040. The van der Waals surface area contributed by atoms with Gasteiger partial charge in [0.15, 0.2) is 0 Å². The number of rotatable bonds is 7. The summed E-state index contributed by atoms with van der Waals surface area (Å²) in [6.45, 7) is 7.78. The number of hydrogen-bond acceptors (Lipinski definition) is 4. The minimum Gasteiger partial charge on any atom is -0.386 e. The molecular formula is C27H34N4. The molecule has 0 bridgehead atoms. The average Bonchev–Trinajstić information content (AvgIpc) is 3.05. The van der Waals surface area contributed by atoms with Crippen molar-refractivity contribution in [3.8, 4) is 0 Å². The van der Waals surface area contributed by atoms with E-state index in [1.54, 1.807) is 0 Å². The van der Waals surface area contributed by atoms with Crippen LogP contribution < -0.4 is 20.0 Å². The van der Waals surface area contributed by atoms with Crippen LogP contribution in [-0.4, -0.2) is 26.8 Å². The topological polar surface area (TPSA) is 21.8 Å². The Morgan fingerprint density at radius 3 is 2.26 bits per heavy atom. The molecule has 31 heavy (non-hydrogen) atoms. The van der Waals surface area contributed by atoms with Crippen molar-refractivity contribution in [2.24, 2.45) is 0 Å². The molecular weight excluding hydrogens is 380 g/mol. The Labute approximate surface area is 187 Å². The first-order valence-electron chi connectivity index (χ1n) is 11.3. The maximum Gasteiger partial charge on any atom is 0.103 e. The van der Waals surface area contributed by atoms with Crippen LogP contribution in [0.2, 0.25) is 0 Å². The highest BCUT2D eigenvalue weighted by atomic mass is 15.4. The van der Waals surface area contributed by atoms with Gasteiger partial charge >= 0.3 is 0 Å². The van der Waals surface area contributed by atoms with E-state index < -0.39 is 0 Å². The molecule has 3 aromatic carbocycles. The van der Waals surface area contributed by atoms with Crippen molar-refractivity contribution in [2.45, 2.75) is 39.8 Å². The zero-order chi connectivity index (χ0) is 22.0. The van der Waals surface area contributed by atoms with Crippen molar-refractivity contribution in [2.75, 3.05) is 40.7 Å². The molecule has 4 rings (SSSR count). The molecule has 1 aliphatic rings. The minimum absolute atomic E-state index is 0.264. The monoisotopic (exact) mass is 414 g/mol. The predicted molar refractivity (Wildman–Crippen MR) is 136 cm³/mol. The molecule has 162 valence electrons. The van der Waals surface area contributed by atoms with Gasteiger partial charge < -0.3 is 20.0 Å². The third kappa shape index (κ3) is 3.71. The maximum atomic E-state index is 3.38. The Kier molecular flexibility index (Phi) is 6.08. The van der Waals surface area contributed by atoms with Crippen LogP contribution in [-0.2, 0) is 0 Å². The van der Waals surface area contributed by atoms with Crippen LogP contribution in [0, 0.1) is 6.92 Å². The van der Waals surface area contributed by atoms with E-state index in [4.69, 9.17) is 0 Å². The van der Waals surface area contributed by atoms with Crippen LogP contribution >= 0.6 is 0 Å². The van der Waals surface area contributed by atoms with E-state index in [1.807, 2.05) is 7.05 Å². The van der Waals surface area contributed by atoms with Gasteiger partial charge in [0, 0.05) is 32.0 Å². The second-order valence-corrected chi connectivity index (χ2v) is 8.30. The number of hydrogen-bond donors (Lipinski definition) is 1. The van der Waals surface area contributed by atoms with Gasteiger partial charge in [-0.2, -0.15) is 0 Å². The summed E-state index contributed by atoms with van der Waals surface area (Å²) in [4.78, 5) is 7.30. The Morgan fingerprint density at radius 2 is 1.52 bits per heavy atom. The van der Waals surface area contributed by atoms with Crippen molar-refractivity contribution in [1.82, 2.24) is 0 Å². The van der Waals surface area contributed by atoms with Gasteiger partial charge in [-0.1, -0.05) is 43.7 Å². The number of nitrogens with zero attached hydrogens (tertiary/aromatic N) is 3. The highest BCUT2D eigenvalue weighted by Crippen LogP contribution is 2.46. The molecule has 1 aliphatic heterocycles. The summed E-state index contributed by atoms with van der Waals surface area (Å²) in [5, 5.41) is 3.38. The van der Waals surface area contributed by atoms with E-state index in [9.17, 15) is 0 Å². The number of unbranched alkanes of at least 4 members (excludes halogenated alkanes) is 1. The lowest BCUT2D eigenvalue weighted by atomic mass is 10.1. The van der Waals surface area contributed by atoms with Crippen molar-refractivity contribution in [3.05, 3.63) is 72.3 Å². The summed E-state index contributed by atoms with van der Waals surface area (Å²) in [5.74, 6) is 0. The fourth-order valence-electron chi connectivity index (χ4n) is 4.65. The zero-order valence-electron chi connectivity index (χ0n) is 19.4. The van der Waals surface area contributed by atoms with Gasteiger partial charge in [0.1, 0.15) is 6.17 Å². The lowest BCUT2D eigenvalue weighted by molar-refractivity contribution is 0.732. The lowest BCUT2D eigenvalue weighted by Gasteiger charge is -2.33. The zero-order valence-corrected chi connectivity index (χ0v) is 19.4. The maximum absolute atomic E-state index is 3.38. The normalized spacial score (nSPS) is 15.2. The van der Waals surface area contributed by atoms with E-state index in [2.05, 4.69) is 115 Å². The number of benzene rings is 3. The minimum atomic E-state index is 0.264. The fraction of sp³-hybridized carbons (Fsp3) is 0.333. The first-order valence-corrected chi connectivity index (χ1v) is 11.3. The van der Waals surface area contributed by atoms with E-state index in [-0.39, 0.29) is 6.17 Å². The number of fused-ring (bicyclic) bond motifs is 1. The molecule has 4 heteroatoms. The molecule has 1 N–H and O–H groups in total. The molecule has 0 fully saturated rings. The van der Waals surface area contributed by atoms with Crippen LogP contribution in [0.25, 0.3) is 0 Å². The largest absolute Gasteiger partial charge is 0.386 e. The fourth-order valence-corrected chi connectivity index (χ4v) is 4.65. The summed E-state index contributed by atoms with van der Waals surface area (Å²) in [6.07, 6.45) is 2.58. The summed E-state index contributed by atoms with van der Waals surface area (Å²) in [6, 6.07) is 24.0. The van der Waals surface area contributed by atoms with Crippen LogP contribution in [0.1, 0.15) is 32.3 Å². The van der Waals surface area contributed by atoms with Crippen LogP contribution in [0.5, 0.6) is 0 Å². The van der Waals surface area contributed by atoms with Crippen molar-refractivity contribution >= 4 is 34.1 Å². The molecule has 0 amide bonds. The summed E-state index contributed by atoms with van der Waals surface area (Å²) >= 11 is 0. The Morgan fingerprint density at radius 1 is 0.871 bits per heavy atom.